The zero-order chi connectivity index (χ0) is 20.4. The van der Waals surface area contributed by atoms with Crippen molar-refractivity contribution >= 4 is 23.9 Å². The summed E-state index contributed by atoms with van der Waals surface area (Å²) in [5, 5.41) is 13.5. The summed E-state index contributed by atoms with van der Waals surface area (Å²) in [4.78, 5) is 46.3. The molecule has 0 radical (unpaired) electrons. The topological polar surface area (TPSA) is 131 Å². The summed E-state index contributed by atoms with van der Waals surface area (Å²) in [6, 6.07) is 7.49. The lowest BCUT2D eigenvalue weighted by atomic mass is 10.1. The predicted molar refractivity (Wildman–Crippen MR) is 94.7 cm³/mol. The highest BCUT2D eigenvalue weighted by Gasteiger charge is 2.26. The molecule has 1 unspecified atom stereocenters. The number of carbonyl (C=O) groups is 4. The van der Waals surface area contributed by atoms with Gasteiger partial charge >= 0.3 is 18.0 Å². The minimum atomic E-state index is -1.46. The van der Waals surface area contributed by atoms with Crippen LogP contribution in [-0.2, 0) is 30.5 Å². The first-order valence-electron chi connectivity index (χ1n) is 8.25. The van der Waals surface area contributed by atoms with Crippen molar-refractivity contribution in [3.63, 3.8) is 0 Å². The predicted octanol–water partition coefficient (Wildman–Crippen LogP) is 1.21. The first-order chi connectivity index (χ1) is 12.6. The first kappa shape index (κ1) is 21.9. The highest BCUT2D eigenvalue weighted by molar-refractivity contribution is 5.89. The maximum atomic E-state index is 11.8. The first-order valence-corrected chi connectivity index (χ1v) is 8.25. The lowest BCUT2D eigenvalue weighted by Gasteiger charge is -2.21. The van der Waals surface area contributed by atoms with Crippen LogP contribution in [-0.4, -0.2) is 47.2 Å². The Labute approximate surface area is 157 Å². The van der Waals surface area contributed by atoms with Gasteiger partial charge in [-0.25, -0.2) is 9.59 Å². The molecule has 0 heterocycles. The van der Waals surface area contributed by atoms with Crippen molar-refractivity contribution in [2.24, 2.45) is 0 Å². The average Bonchev–Trinajstić information content (AvgIpc) is 2.56. The molecule has 1 rings (SSSR count). The van der Waals surface area contributed by atoms with E-state index >= 15 is 0 Å². The van der Waals surface area contributed by atoms with Crippen LogP contribution in [0.2, 0.25) is 0 Å². The Morgan fingerprint density at radius 1 is 1.11 bits per heavy atom. The number of carboxylic acids is 1. The van der Waals surface area contributed by atoms with Crippen LogP contribution in [0.4, 0.5) is 4.79 Å². The molecule has 0 aliphatic carbocycles. The van der Waals surface area contributed by atoms with Gasteiger partial charge in [-0.15, -0.1) is 0 Å². The van der Waals surface area contributed by atoms with E-state index in [1.54, 1.807) is 45.0 Å². The molecule has 2 amide bonds. The van der Waals surface area contributed by atoms with Crippen molar-refractivity contribution in [1.29, 1.82) is 0 Å². The number of nitrogens with one attached hydrogen (secondary N) is 2. The lowest BCUT2D eigenvalue weighted by molar-refractivity contribution is -0.158. The molecule has 1 aromatic carbocycles. The van der Waals surface area contributed by atoms with Gasteiger partial charge in [-0.2, -0.15) is 0 Å². The third-order valence-corrected chi connectivity index (χ3v) is 3.03. The van der Waals surface area contributed by atoms with Gasteiger partial charge in [0, 0.05) is 0 Å². The lowest BCUT2D eigenvalue weighted by Crippen LogP contribution is -2.47. The van der Waals surface area contributed by atoms with E-state index in [-0.39, 0.29) is 6.61 Å². The fourth-order valence-electron chi connectivity index (χ4n) is 1.92. The van der Waals surface area contributed by atoms with Crippen LogP contribution in [0.1, 0.15) is 32.8 Å². The van der Waals surface area contributed by atoms with Crippen LogP contribution in [0.15, 0.2) is 30.3 Å². The minimum Gasteiger partial charge on any atom is -0.480 e. The highest BCUT2D eigenvalue weighted by atomic mass is 16.6. The monoisotopic (exact) mass is 380 g/mol. The molecule has 27 heavy (non-hydrogen) atoms. The molecule has 3 N–H and O–H groups in total. The molecule has 0 aromatic heterocycles. The number of ether oxygens (including phenoxy) is 2. The summed E-state index contributed by atoms with van der Waals surface area (Å²) in [7, 11) is 0. The van der Waals surface area contributed by atoms with Crippen LogP contribution >= 0.6 is 0 Å². The SMILES string of the molecule is CC(C)(C)OC(=O)CC(NC(=O)CNC(=O)OCc1ccccc1)C(=O)O. The number of aliphatic carboxylic acids is 1. The van der Waals surface area contributed by atoms with Gasteiger partial charge in [0.05, 0.1) is 6.42 Å². The summed E-state index contributed by atoms with van der Waals surface area (Å²) < 4.78 is 9.96. The van der Waals surface area contributed by atoms with Crippen molar-refractivity contribution < 1.29 is 33.8 Å². The molecule has 0 saturated carbocycles. The molecule has 148 valence electrons. The second-order valence-electron chi connectivity index (χ2n) is 6.66. The standard InChI is InChI=1S/C18H24N2O7/c1-18(2,3)27-15(22)9-13(16(23)24)20-14(21)10-19-17(25)26-11-12-7-5-4-6-8-12/h4-8,13H,9-11H2,1-3H3,(H,19,25)(H,20,21)(H,23,24). The van der Waals surface area contributed by atoms with E-state index in [0.717, 1.165) is 5.56 Å². The van der Waals surface area contributed by atoms with Gasteiger partial charge in [0.2, 0.25) is 5.91 Å². The Bertz CT molecular complexity index is 668. The van der Waals surface area contributed by atoms with Crippen molar-refractivity contribution in [1.82, 2.24) is 10.6 Å². The molecular formula is C18H24N2O7. The fraction of sp³-hybridized carbons (Fsp3) is 0.444. The second kappa shape index (κ2) is 10.1. The average molecular weight is 380 g/mol. The Morgan fingerprint density at radius 3 is 2.30 bits per heavy atom. The third-order valence-electron chi connectivity index (χ3n) is 3.03. The van der Waals surface area contributed by atoms with Crippen molar-refractivity contribution in [3.05, 3.63) is 35.9 Å². The summed E-state index contributed by atoms with van der Waals surface area (Å²) in [6.07, 6.45) is -1.36. The zero-order valence-corrected chi connectivity index (χ0v) is 15.5. The van der Waals surface area contributed by atoms with Crippen LogP contribution < -0.4 is 10.6 Å². The Balaban J connectivity index is 2.40. The van der Waals surface area contributed by atoms with Gasteiger partial charge in [-0.1, -0.05) is 30.3 Å². The number of hydrogen-bond acceptors (Lipinski definition) is 6. The van der Waals surface area contributed by atoms with E-state index in [1.165, 1.54) is 0 Å². The molecular weight excluding hydrogens is 356 g/mol. The summed E-state index contributed by atoms with van der Waals surface area (Å²) in [5.41, 5.74) is 0.00852. The molecule has 1 aromatic rings. The second-order valence-corrected chi connectivity index (χ2v) is 6.66. The highest BCUT2D eigenvalue weighted by Crippen LogP contribution is 2.09. The van der Waals surface area contributed by atoms with Gasteiger partial charge in [0.25, 0.3) is 0 Å². The van der Waals surface area contributed by atoms with E-state index in [9.17, 15) is 19.2 Å². The molecule has 0 fully saturated rings. The maximum Gasteiger partial charge on any atom is 0.407 e. The van der Waals surface area contributed by atoms with E-state index in [2.05, 4.69) is 10.6 Å². The molecule has 9 nitrogen and oxygen atoms in total. The Morgan fingerprint density at radius 2 is 1.74 bits per heavy atom. The van der Waals surface area contributed by atoms with Crippen LogP contribution in [0.5, 0.6) is 0 Å². The summed E-state index contributed by atoms with van der Waals surface area (Å²) in [6.45, 7) is 4.47. The van der Waals surface area contributed by atoms with Crippen LogP contribution in [0.3, 0.4) is 0 Å². The summed E-state index contributed by atoms with van der Waals surface area (Å²) in [5.74, 6) is -2.92. The fourth-order valence-corrected chi connectivity index (χ4v) is 1.92. The number of esters is 1. The molecule has 1 atom stereocenters. The minimum absolute atomic E-state index is 0.0324. The van der Waals surface area contributed by atoms with Gasteiger partial charge in [-0.3, -0.25) is 9.59 Å². The van der Waals surface area contributed by atoms with Crippen molar-refractivity contribution in [2.75, 3.05) is 6.54 Å². The maximum absolute atomic E-state index is 11.8. The van der Waals surface area contributed by atoms with Gasteiger partial charge in [-0.05, 0) is 26.3 Å². The number of benzene rings is 1. The number of rotatable bonds is 8. The largest absolute Gasteiger partial charge is 0.480 e. The van der Waals surface area contributed by atoms with E-state index in [4.69, 9.17) is 14.6 Å². The van der Waals surface area contributed by atoms with E-state index in [0.29, 0.717) is 0 Å². The van der Waals surface area contributed by atoms with Crippen LogP contribution in [0, 0.1) is 0 Å². The number of carboxylic acid groups (broad SMARTS) is 1. The molecule has 0 bridgehead atoms. The smallest absolute Gasteiger partial charge is 0.407 e. The number of carbonyl (C=O) groups excluding carboxylic acids is 3. The molecule has 0 aliphatic rings. The third kappa shape index (κ3) is 9.83. The normalized spacial score (nSPS) is 11.8. The molecule has 9 heteroatoms. The van der Waals surface area contributed by atoms with Crippen molar-refractivity contribution in [2.45, 2.75) is 45.4 Å². The van der Waals surface area contributed by atoms with E-state index < -0.39 is 48.5 Å². The van der Waals surface area contributed by atoms with Crippen molar-refractivity contribution in [3.8, 4) is 0 Å². The number of hydrogen-bond donors (Lipinski definition) is 3. The molecule has 0 saturated heterocycles. The Kier molecular flexibility index (Phi) is 8.25. The number of amides is 2. The number of alkyl carbamates (subject to hydrolysis) is 1. The Hall–Kier alpha value is -3.10. The molecule has 0 aliphatic heterocycles. The van der Waals surface area contributed by atoms with E-state index in [1.807, 2.05) is 6.07 Å². The van der Waals surface area contributed by atoms with Crippen LogP contribution in [0.25, 0.3) is 0 Å². The quantitative estimate of drug-likeness (QED) is 0.578. The van der Waals surface area contributed by atoms with Gasteiger partial charge in [0.15, 0.2) is 0 Å². The zero-order valence-electron chi connectivity index (χ0n) is 15.5. The summed E-state index contributed by atoms with van der Waals surface area (Å²) >= 11 is 0. The van der Waals surface area contributed by atoms with Gasteiger partial charge < -0.3 is 25.2 Å². The van der Waals surface area contributed by atoms with Gasteiger partial charge in [0.1, 0.15) is 24.8 Å². The molecule has 0 spiro atoms.